The largest absolute Gasteiger partial charge is 0.444 e. The van der Waals surface area contributed by atoms with Gasteiger partial charge in [0, 0.05) is 6.42 Å². The molecule has 0 spiro atoms. The van der Waals surface area contributed by atoms with E-state index in [1.54, 1.807) is 33.8 Å². The quantitative estimate of drug-likeness (QED) is 0.685. The Kier molecular flexibility index (Phi) is 8.35. The molecule has 5 nitrogen and oxygen atoms in total. The number of benzene rings is 1. The van der Waals surface area contributed by atoms with E-state index in [9.17, 15) is 9.59 Å². The maximum absolute atomic E-state index is 12.5. The molecule has 2 unspecified atom stereocenters. The van der Waals surface area contributed by atoms with Crippen LogP contribution in [0.2, 0.25) is 0 Å². The van der Waals surface area contributed by atoms with Crippen LogP contribution in [0.25, 0.3) is 0 Å². The van der Waals surface area contributed by atoms with Gasteiger partial charge in [-0.1, -0.05) is 36.4 Å². The topological polar surface area (TPSA) is 64.6 Å². The number of ether oxygens (including phenoxy) is 2. The van der Waals surface area contributed by atoms with Crippen LogP contribution >= 0.6 is 0 Å². The first-order valence-electron chi connectivity index (χ1n) is 8.51. The normalized spacial score (nSPS) is 13.6. The van der Waals surface area contributed by atoms with Gasteiger partial charge >= 0.3 is 6.09 Å². The van der Waals surface area contributed by atoms with Gasteiger partial charge in [0.2, 0.25) is 0 Å². The van der Waals surface area contributed by atoms with Crippen LogP contribution in [0, 0.1) is 0 Å². The van der Waals surface area contributed by atoms with E-state index in [2.05, 4.69) is 11.9 Å². The number of hydrogen-bond acceptors (Lipinski definition) is 4. The second kappa shape index (κ2) is 9.99. The number of carbonyl (C=O) groups excluding carboxylic acids is 2. The summed E-state index contributed by atoms with van der Waals surface area (Å²) in [7, 11) is 0. The van der Waals surface area contributed by atoms with Crippen LogP contribution in [0.3, 0.4) is 0 Å². The van der Waals surface area contributed by atoms with E-state index in [1.165, 1.54) is 0 Å². The monoisotopic (exact) mass is 347 g/mol. The highest BCUT2D eigenvalue weighted by Gasteiger charge is 2.29. The van der Waals surface area contributed by atoms with Gasteiger partial charge in [-0.25, -0.2) is 4.79 Å². The molecule has 2 atom stereocenters. The molecular weight excluding hydrogens is 318 g/mol. The standard InChI is InChI=1S/C20H29NO4/c1-6-7-13-17(22)18(21-19(23)25-20(3,4)5)15(2)24-14-16-11-9-8-10-12-16/h6,8-12,15,18H,1,7,13-14H2,2-5H3,(H,21,23). The van der Waals surface area contributed by atoms with Crippen LogP contribution < -0.4 is 5.32 Å². The first-order chi connectivity index (χ1) is 11.7. The molecule has 1 aromatic carbocycles. The van der Waals surface area contributed by atoms with Crippen molar-refractivity contribution in [3.8, 4) is 0 Å². The fraction of sp³-hybridized carbons (Fsp3) is 0.500. The second-order valence-corrected chi connectivity index (χ2v) is 6.92. The van der Waals surface area contributed by atoms with Crippen LogP contribution in [0.1, 0.15) is 46.1 Å². The van der Waals surface area contributed by atoms with Gasteiger partial charge in [-0.3, -0.25) is 4.79 Å². The highest BCUT2D eigenvalue weighted by Crippen LogP contribution is 2.12. The first kappa shape index (κ1) is 20.9. The third kappa shape index (κ3) is 8.49. The lowest BCUT2D eigenvalue weighted by Crippen LogP contribution is -2.50. The van der Waals surface area contributed by atoms with E-state index in [1.807, 2.05) is 30.3 Å². The highest BCUT2D eigenvalue weighted by molar-refractivity contribution is 5.88. The molecule has 0 aromatic heterocycles. The highest BCUT2D eigenvalue weighted by atomic mass is 16.6. The fourth-order valence-corrected chi connectivity index (χ4v) is 2.19. The maximum atomic E-state index is 12.5. The van der Waals surface area contributed by atoms with Crippen LogP contribution in [0.4, 0.5) is 4.79 Å². The summed E-state index contributed by atoms with van der Waals surface area (Å²) in [5.41, 5.74) is 0.372. The summed E-state index contributed by atoms with van der Waals surface area (Å²) < 4.78 is 11.1. The minimum Gasteiger partial charge on any atom is -0.444 e. The molecule has 0 saturated carbocycles. The number of nitrogens with one attached hydrogen (secondary N) is 1. The van der Waals surface area contributed by atoms with Crippen molar-refractivity contribution in [1.29, 1.82) is 0 Å². The van der Waals surface area contributed by atoms with E-state index in [-0.39, 0.29) is 5.78 Å². The van der Waals surface area contributed by atoms with Gasteiger partial charge in [0.15, 0.2) is 5.78 Å². The number of ketones is 1. The molecule has 0 radical (unpaired) electrons. The van der Waals surface area contributed by atoms with Gasteiger partial charge in [-0.15, -0.1) is 6.58 Å². The van der Waals surface area contributed by atoms with Gasteiger partial charge in [0.1, 0.15) is 11.6 Å². The average Bonchev–Trinajstić information content (AvgIpc) is 2.54. The zero-order valence-electron chi connectivity index (χ0n) is 15.6. The number of Topliss-reactive ketones (excluding diaryl/α,β-unsaturated/α-hetero) is 1. The fourth-order valence-electron chi connectivity index (χ4n) is 2.19. The SMILES string of the molecule is C=CCCC(=O)C(NC(=O)OC(C)(C)C)C(C)OCc1ccccc1. The number of allylic oxidation sites excluding steroid dienone is 1. The molecule has 1 aromatic rings. The number of rotatable bonds is 9. The molecule has 1 amide bonds. The number of carbonyl (C=O) groups is 2. The lowest BCUT2D eigenvalue weighted by atomic mass is 10.0. The predicted octanol–water partition coefficient (Wildman–Crippen LogP) is 4.02. The Morgan fingerprint density at radius 1 is 1.24 bits per heavy atom. The van der Waals surface area contributed by atoms with Crippen molar-refractivity contribution in [3.05, 3.63) is 48.6 Å². The Morgan fingerprint density at radius 2 is 1.88 bits per heavy atom. The summed E-state index contributed by atoms with van der Waals surface area (Å²) >= 11 is 0. The van der Waals surface area contributed by atoms with Crippen molar-refractivity contribution in [3.63, 3.8) is 0 Å². The third-order valence-corrected chi connectivity index (χ3v) is 3.44. The molecule has 0 fully saturated rings. The Labute approximate surface area is 150 Å². The molecule has 5 heteroatoms. The van der Waals surface area contributed by atoms with E-state index in [0.717, 1.165) is 5.56 Å². The molecule has 0 aliphatic heterocycles. The maximum Gasteiger partial charge on any atom is 0.408 e. The summed E-state index contributed by atoms with van der Waals surface area (Å²) in [6.07, 6.45) is 1.42. The first-order valence-corrected chi connectivity index (χ1v) is 8.51. The predicted molar refractivity (Wildman–Crippen MR) is 98.3 cm³/mol. The molecule has 0 saturated heterocycles. The Bertz CT molecular complexity index is 563. The zero-order chi connectivity index (χ0) is 18.9. The Morgan fingerprint density at radius 3 is 2.44 bits per heavy atom. The van der Waals surface area contributed by atoms with Crippen molar-refractivity contribution in [2.24, 2.45) is 0 Å². The summed E-state index contributed by atoms with van der Waals surface area (Å²) in [6, 6.07) is 8.91. The summed E-state index contributed by atoms with van der Waals surface area (Å²) in [6.45, 7) is 11.1. The van der Waals surface area contributed by atoms with E-state index < -0.39 is 23.8 Å². The Balaban J connectivity index is 2.72. The molecule has 0 aliphatic carbocycles. The lowest BCUT2D eigenvalue weighted by molar-refractivity contribution is -0.125. The van der Waals surface area contributed by atoms with Gasteiger partial charge in [0.05, 0.1) is 12.7 Å². The minimum atomic E-state index is -0.765. The average molecular weight is 347 g/mol. The van der Waals surface area contributed by atoms with Gasteiger partial charge in [-0.2, -0.15) is 0 Å². The van der Waals surface area contributed by atoms with E-state index in [0.29, 0.717) is 19.4 Å². The van der Waals surface area contributed by atoms with Crippen LogP contribution in [-0.2, 0) is 20.9 Å². The van der Waals surface area contributed by atoms with E-state index in [4.69, 9.17) is 9.47 Å². The van der Waals surface area contributed by atoms with Gasteiger partial charge in [-0.05, 0) is 39.7 Å². The molecule has 138 valence electrons. The van der Waals surface area contributed by atoms with Crippen molar-refractivity contribution < 1.29 is 19.1 Å². The zero-order valence-corrected chi connectivity index (χ0v) is 15.6. The molecule has 1 rings (SSSR count). The summed E-state index contributed by atoms with van der Waals surface area (Å²) in [4.78, 5) is 24.5. The second-order valence-electron chi connectivity index (χ2n) is 6.92. The summed E-state index contributed by atoms with van der Waals surface area (Å²) in [5, 5.41) is 2.65. The van der Waals surface area contributed by atoms with Crippen LogP contribution in [0.15, 0.2) is 43.0 Å². The van der Waals surface area contributed by atoms with Crippen LogP contribution in [-0.4, -0.2) is 29.6 Å². The van der Waals surface area contributed by atoms with Crippen molar-refractivity contribution >= 4 is 11.9 Å². The molecule has 25 heavy (non-hydrogen) atoms. The van der Waals surface area contributed by atoms with Gasteiger partial charge < -0.3 is 14.8 Å². The van der Waals surface area contributed by atoms with Crippen LogP contribution in [0.5, 0.6) is 0 Å². The Hall–Kier alpha value is -2.14. The van der Waals surface area contributed by atoms with Crippen molar-refractivity contribution in [1.82, 2.24) is 5.32 Å². The van der Waals surface area contributed by atoms with Gasteiger partial charge in [0.25, 0.3) is 0 Å². The summed E-state index contributed by atoms with van der Waals surface area (Å²) in [5.74, 6) is -0.105. The molecule has 1 N–H and O–H groups in total. The van der Waals surface area contributed by atoms with E-state index >= 15 is 0 Å². The van der Waals surface area contributed by atoms with Crippen molar-refractivity contribution in [2.45, 2.75) is 64.9 Å². The molecule has 0 bridgehead atoms. The molecule has 0 heterocycles. The third-order valence-electron chi connectivity index (χ3n) is 3.44. The number of amides is 1. The smallest absolute Gasteiger partial charge is 0.408 e. The lowest BCUT2D eigenvalue weighted by Gasteiger charge is -2.26. The number of hydrogen-bond donors (Lipinski definition) is 1. The number of alkyl carbamates (subject to hydrolysis) is 1. The molecular formula is C20H29NO4. The molecule has 0 aliphatic rings. The van der Waals surface area contributed by atoms with Crippen molar-refractivity contribution in [2.75, 3.05) is 0 Å². The minimum absolute atomic E-state index is 0.105.